The van der Waals surface area contributed by atoms with E-state index in [1.807, 2.05) is 25.1 Å². The van der Waals surface area contributed by atoms with E-state index in [-0.39, 0.29) is 5.91 Å². The zero-order chi connectivity index (χ0) is 15.8. The lowest BCUT2D eigenvalue weighted by Crippen LogP contribution is -2.40. The standard InChI is InChI=1S/C16H24BrN3O2/c1-13-12-14(2-3-15(13)17)19-16(21)4-5-18-6-7-20-8-10-22-11-9-20/h2-3,12,18H,4-11H2,1H3,(H,19,21). The smallest absolute Gasteiger partial charge is 0.225 e. The van der Waals surface area contributed by atoms with E-state index in [4.69, 9.17) is 4.74 Å². The Balaban J connectivity index is 1.58. The number of hydrogen-bond donors (Lipinski definition) is 2. The second-order valence-electron chi connectivity index (χ2n) is 5.47. The molecule has 6 heteroatoms. The molecule has 1 amide bonds. The van der Waals surface area contributed by atoms with Crippen molar-refractivity contribution in [2.75, 3.05) is 51.3 Å². The molecule has 0 unspecified atom stereocenters. The Labute approximate surface area is 140 Å². The van der Waals surface area contributed by atoms with Crippen LogP contribution >= 0.6 is 15.9 Å². The predicted octanol–water partition coefficient (Wildman–Crippen LogP) is 2.01. The first-order valence-corrected chi connectivity index (χ1v) is 8.51. The van der Waals surface area contributed by atoms with Gasteiger partial charge >= 0.3 is 0 Å². The second-order valence-corrected chi connectivity index (χ2v) is 6.32. The van der Waals surface area contributed by atoms with Crippen molar-refractivity contribution in [1.82, 2.24) is 10.2 Å². The van der Waals surface area contributed by atoms with E-state index in [1.54, 1.807) is 0 Å². The number of aryl methyl sites for hydroxylation is 1. The molecule has 0 saturated carbocycles. The van der Waals surface area contributed by atoms with Crippen LogP contribution in [-0.2, 0) is 9.53 Å². The lowest BCUT2D eigenvalue weighted by atomic mass is 10.2. The van der Waals surface area contributed by atoms with E-state index in [1.165, 1.54) is 0 Å². The van der Waals surface area contributed by atoms with Gasteiger partial charge in [0.25, 0.3) is 0 Å². The van der Waals surface area contributed by atoms with E-state index in [0.29, 0.717) is 13.0 Å². The number of morpholine rings is 1. The van der Waals surface area contributed by atoms with Gasteiger partial charge in [-0.05, 0) is 30.7 Å². The van der Waals surface area contributed by atoms with Gasteiger partial charge in [-0.25, -0.2) is 0 Å². The van der Waals surface area contributed by atoms with Crippen LogP contribution in [0, 0.1) is 6.92 Å². The SMILES string of the molecule is Cc1cc(NC(=O)CCNCCN2CCOCC2)ccc1Br. The topological polar surface area (TPSA) is 53.6 Å². The van der Waals surface area contributed by atoms with E-state index in [9.17, 15) is 4.79 Å². The minimum Gasteiger partial charge on any atom is -0.379 e. The van der Waals surface area contributed by atoms with Gasteiger partial charge in [0.1, 0.15) is 0 Å². The van der Waals surface area contributed by atoms with Crippen LogP contribution in [0.3, 0.4) is 0 Å². The molecule has 0 atom stereocenters. The van der Waals surface area contributed by atoms with Crippen LogP contribution in [0.15, 0.2) is 22.7 Å². The van der Waals surface area contributed by atoms with Crippen molar-refractivity contribution in [3.63, 3.8) is 0 Å². The van der Waals surface area contributed by atoms with Crippen LogP contribution < -0.4 is 10.6 Å². The van der Waals surface area contributed by atoms with Crippen LogP contribution in [0.4, 0.5) is 5.69 Å². The van der Waals surface area contributed by atoms with E-state index in [2.05, 4.69) is 31.5 Å². The summed E-state index contributed by atoms with van der Waals surface area (Å²) in [5.41, 5.74) is 1.96. The number of hydrogen-bond acceptors (Lipinski definition) is 4. The number of amides is 1. The van der Waals surface area contributed by atoms with Gasteiger partial charge in [0, 0.05) is 49.3 Å². The van der Waals surface area contributed by atoms with Gasteiger partial charge in [0.15, 0.2) is 0 Å². The lowest BCUT2D eigenvalue weighted by molar-refractivity contribution is -0.116. The molecule has 1 saturated heterocycles. The first-order chi connectivity index (χ1) is 10.6. The molecule has 1 aliphatic rings. The van der Waals surface area contributed by atoms with Gasteiger partial charge in [-0.15, -0.1) is 0 Å². The first-order valence-electron chi connectivity index (χ1n) is 7.72. The molecule has 0 bridgehead atoms. The van der Waals surface area contributed by atoms with Crippen molar-refractivity contribution in [2.24, 2.45) is 0 Å². The van der Waals surface area contributed by atoms with E-state index >= 15 is 0 Å². The molecule has 0 aliphatic carbocycles. The monoisotopic (exact) mass is 369 g/mol. The van der Waals surface area contributed by atoms with E-state index in [0.717, 1.165) is 55.1 Å². The summed E-state index contributed by atoms with van der Waals surface area (Å²) >= 11 is 3.45. The van der Waals surface area contributed by atoms with Crippen molar-refractivity contribution >= 4 is 27.5 Å². The molecule has 1 aromatic carbocycles. The molecule has 0 spiro atoms. The maximum Gasteiger partial charge on any atom is 0.225 e. The van der Waals surface area contributed by atoms with Crippen LogP contribution in [0.25, 0.3) is 0 Å². The van der Waals surface area contributed by atoms with Gasteiger partial charge < -0.3 is 15.4 Å². The maximum absolute atomic E-state index is 11.9. The molecule has 1 aliphatic heterocycles. The summed E-state index contributed by atoms with van der Waals surface area (Å²) in [5, 5.41) is 6.24. The molecule has 1 fully saturated rings. The quantitative estimate of drug-likeness (QED) is 0.721. The Morgan fingerprint density at radius 3 is 2.82 bits per heavy atom. The van der Waals surface area contributed by atoms with Crippen LogP contribution in [-0.4, -0.2) is 56.7 Å². The summed E-state index contributed by atoms with van der Waals surface area (Å²) < 4.78 is 6.36. The fraction of sp³-hybridized carbons (Fsp3) is 0.562. The Morgan fingerprint density at radius 1 is 1.32 bits per heavy atom. The van der Waals surface area contributed by atoms with Gasteiger partial charge in [0.05, 0.1) is 13.2 Å². The molecule has 0 aromatic heterocycles. The molecule has 1 heterocycles. The maximum atomic E-state index is 11.9. The number of anilines is 1. The van der Waals surface area contributed by atoms with E-state index < -0.39 is 0 Å². The van der Waals surface area contributed by atoms with Crippen molar-refractivity contribution in [3.8, 4) is 0 Å². The molecule has 22 heavy (non-hydrogen) atoms. The Kier molecular flexibility index (Phi) is 7.32. The fourth-order valence-electron chi connectivity index (χ4n) is 2.33. The molecule has 2 N–H and O–H groups in total. The Bertz CT molecular complexity index is 490. The summed E-state index contributed by atoms with van der Waals surface area (Å²) in [5.74, 6) is 0.0422. The molecule has 2 rings (SSSR count). The van der Waals surface area contributed by atoms with Crippen molar-refractivity contribution < 1.29 is 9.53 Å². The molecule has 5 nitrogen and oxygen atoms in total. The number of rotatable bonds is 7. The average molecular weight is 370 g/mol. The minimum absolute atomic E-state index is 0.0422. The number of nitrogens with one attached hydrogen (secondary N) is 2. The van der Waals surface area contributed by atoms with Gasteiger partial charge in [-0.2, -0.15) is 0 Å². The van der Waals surface area contributed by atoms with Crippen LogP contribution in [0.1, 0.15) is 12.0 Å². The van der Waals surface area contributed by atoms with Crippen molar-refractivity contribution in [1.29, 1.82) is 0 Å². The summed E-state index contributed by atoms with van der Waals surface area (Å²) in [7, 11) is 0. The minimum atomic E-state index is 0.0422. The number of carbonyl (C=O) groups is 1. The second kappa shape index (κ2) is 9.25. The lowest BCUT2D eigenvalue weighted by Gasteiger charge is -2.26. The number of carbonyl (C=O) groups excluding carboxylic acids is 1. The van der Waals surface area contributed by atoms with Gasteiger partial charge in [0.2, 0.25) is 5.91 Å². The third-order valence-electron chi connectivity index (χ3n) is 3.68. The Hall–Kier alpha value is -0.950. The summed E-state index contributed by atoms with van der Waals surface area (Å²) in [4.78, 5) is 14.3. The van der Waals surface area contributed by atoms with Crippen molar-refractivity contribution in [3.05, 3.63) is 28.2 Å². The number of halogens is 1. The third-order valence-corrected chi connectivity index (χ3v) is 4.57. The molecule has 0 radical (unpaired) electrons. The van der Waals surface area contributed by atoms with Gasteiger partial charge in [-0.3, -0.25) is 9.69 Å². The first kappa shape index (κ1) is 17.4. The van der Waals surface area contributed by atoms with Crippen molar-refractivity contribution in [2.45, 2.75) is 13.3 Å². The summed E-state index contributed by atoms with van der Waals surface area (Å²) in [6, 6.07) is 5.82. The highest BCUT2D eigenvalue weighted by molar-refractivity contribution is 9.10. The number of benzene rings is 1. The highest BCUT2D eigenvalue weighted by Crippen LogP contribution is 2.19. The fourth-order valence-corrected chi connectivity index (χ4v) is 2.58. The molecule has 1 aromatic rings. The number of nitrogens with zero attached hydrogens (tertiary/aromatic N) is 1. The predicted molar refractivity (Wildman–Crippen MR) is 92.3 cm³/mol. The van der Waals surface area contributed by atoms with Crippen LogP contribution in [0.2, 0.25) is 0 Å². The average Bonchev–Trinajstić information content (AvgIpc) is 2.52. The molecular formula is C16H24BrN3O2. The largest absolute Gasteiger partial charge is 0.379 e. The number of ether oxygens (including phenoxy) is 1. The highest BCUT2D eigenvalue weighted by Gasteiger charge is 2.09. The third kappa shape index (κ3) is 6.04. The Morgan fingerprint density at radius 2 is 2.09 bits per heavy atom. The normalized spacial score (nSPS) is 15.7. The molecular weight excluding hydrogens is 346 g/mol. The highest BCUT2D eigenvalue weighted by atomic mass is 79.9. The zero-order valence-corrected chi connectivity index (χ0v) is 14.6. The summed E-state index contributed by atoms with van der Waals surface area (Å²) in [6.07, 6.45) is 0.484. The van der Waals surface area contributed by atoms with Gasteiger partial charge in [-0.1, -0.05) is 15.9 Å². The molecule has 122 valence electrons. The zero-order valence-electron chi connectivity index (χ0n) is 13.0. The van der Waals surface area contributed by atoms with Crippen LogP contribution in [0.5, 0.6) is 0 Å². The summed E-state index contributed by atoms with van der Waals surface area (Å²) in [6.45, 7) is 8.29.